The normalized spacial score (nSPS) is 10.0. The van der Waals surface area contributed by atoms with E-state index in [0.717, 1.165) is 6.42 Å². The first-order valence-corrected chi connectivity index (χ1v) is 8.82. The molecule has 0 aromatic heterocycles. The summed E-state index contributed by atoms with van der Waals surface area (Å²) in [6, 6.07) is 6.36. The number of carboxylic acid groups (broad SMARTS) is 1. The van der Waals surface area contributed by atoms with Crippen LogP contribution in [0, 0.1) is 0 Å². The van der Waals surface area contributed by atoms with Crippen molar-refractivity contribution in [3.05, 3.63) is 29.8 Å². The predicted molar refractivity (Wildman–Crippen MR) is 96.7 cm³/mol. The zero-order valence-electron chi connectivity index (χ0n) is 14.5. The Balaban J connectivity index is 0.000000433. The van der Waals surface area contributed by atoms with E-state index in [-0.39, 0.29) is 5.56 Å². The molecule has 0 heterocycles. The lowest BCUT2D eigenvalue weighted by molar-refractivity contribution is 0.0698. The Kier molecular flexibility index (Phi) is 14.3. The number of aliphatic hydroxyl groups excluding tert-OH is 1. The summed E-state index contributed by atoms with van der Waals surface area (Å²) in [5, 5.41) is 17.1. The fraction of sp³-hybridized carbons (Fsp3) is 0.632. The molecule has 4 nitrogen and oxygen atoms in total. The highest BCUT2D eigenvalue weighted by Crippen LogP contribution is 2.10. The minimum absolute atomic E-state index is 0.155. The topological polar surface area (TPSA) is 83.5 Å². The smallest absolute Gasteiger partial charge is 0.337 e. The van der Waals surface area contributed by atoms with Gasteiger partial charge in [-0.2, -0.15) is 0 Å². The maximum Gasteiger partial charge on any atom is 0.337 e. The monoisotopic (exact) mass is 323 g/mol. The van der Waals surface area contributed by atoms with Crippen LogP contribution in [0.15, 0.2) is 24.3 Å². The highest BCUT2D eigenvalue weighted by Gasteiger charge is 2.03. The molecule has 0 atom stereocenters. The first-order chi connectivity index (χ1) is 11.1. The molecule has 0 spiro atoms. The summed E-state index contributed by atoms with van der Waals surface area (Å²) >= 11 is 0. The summed E-state index contributed by atoms with van der Waals surface area (Å²) in [5.41, 5.74) is 5.80. The van der Waals surface area contributed by atoms with Gasteiger partial charge in [0.15, 0.2) is 0 Å². The quantitative estimate of drug-likeness (QED) is 0.401. The lowest BCUT2D eigenvalue weighted by atomic mass is 10.1. The summed E-state index contributed by atoms with van der Waals surface area (Å²) in [6.07, 6.45) is 13.3. The number of carbonyl (C=O) groups is 1. The molecule has 0 aliphatic rings. The zero-order chi connectivity index (χ0) is 17.3. The van der Waals surface area contributed by atoms with Crippen LogP contribution in [-0.4, -0.2) is 22.8 Å². The van der Waals surface area contributed by atoms with Crippen LogP contribution >= 0.6 is 0 Å². The first-order valence-electron chi connectivity index (χ1n) is 8.82. The number of nitrogens with two attached hydrogens (primary N) is 1. The Hall–Kier alpha value is -1.55. The number of carboxylic acids is 1. The van der Waals surface area contributed by atoms with Gasteiger partial charge in [0.2, 0.25) is 0 Å². The maximum atomic E-state index is 10.3. The van der Waals surface area contributed by atoms with Crippen LogP contribution in [0.5, 0.6) is 0 Å². The van der Waals surface area contributed by atoms with Gasteiger partial charge >= 0.3 is 5.97 Å². The summed E-state index contributed by atoms with van der Waals surface area (Å²) in [7, 11) is 0. The second kappa shape index (κ2) is 15.3. The zero-order valence-corrected chi connectivity index (χ0v) is 14.5. The number of unbranched alkanes of at least 4 members (excludes halogenated alkanes) is 9. The van der Waals surface area contributed by atoms with E-state index < -0.39 is 5.97 Å². The number of hydrogen-bond donors (Lipinski definition) is 3. The van der Waals surface area contributed by atoms with E-state index in [0.29, 0.717) is 12.3 Å². The number of hydrogen-bond acceptors (Lipinski definition) is 3. The molecule has 1 rings (SSSR count). The molecule has 0 saturated heterocycles. The van der Waals surface area contributed by atoms with Gasteiger partial charge in [-0.15, -0.1) is 0 Å². The van der Waals surface area contributed by atoms with E-state index in [2.05, 4.69) is 6.92 Å². The predicted octanol–water partition coefficient (Wildman–Crippen LogP) is 4.87. The molecule has 4 heteroatoms. The van der Waals surface area contributed by atoms with Crippen molar-refractivity contribution in [3.8, 4) is 0 Å². The molecule has 0 radical (unpaired) electrons. The van der Waals surface area contributed by atoms with Crippen molar-refractivity contribution in [1.82, 2.24) is 0 Å². The summed E-state index contributed by atoms with van der Waals surface area (Å²) < 4.78 is 0. The third-order valence-electron chi connectivity index (χ3n) is 3.70. The van der Waals surface area contributed by atoms with Gasteiger partial charge in [-0.05, 0) is 18.6 Å². The van der Waals surface area contributed by atoms with Crippen molar-refractivity contribution in [1.29, 1.82) is 0 Å². The molecule has 0 amide bonds. The van der Waals surface area contributed by atoms with Crippen molar-refractivity contribution in [2.75, 3.05) is 12.3 Å². The Morgan fingerprint density at radius 3 is 1.78 bits per heavy atom. The average Bonchev–Trinajstić information content (AvgIpc) is 2.54. The van der Waals surface area contributed by atoms with Gasteiger partial charge in [-0.1, -0.05) is 76.8 Å². The number of rotatable bonds is 11. The molecular weight excluding hydrogens is 290 g/mol. The van der Waals surface area contributed by atoms with E-state index in [1.54, 1.807) is 18.2 Å². The number of aliphatic hydroxyl groups is 1. The largest absolute Gasteiger partial charge is 0.478 e. The van der Waals surface area contributed by atoms with Gasteiger partial charge in [0, 0.05) is 12.3 Å². The molecule has 0 fully saturated rings. The Morgan fingerprint density at radius 1 is 0.913 bits per heavy atom. The molecule has 1 aromatic carbocycles. The SMILES string of the molecule is CCCCCCCCCCCCO.Nc1ccccc1C(=O)O. The lowest BCUT2D eigenvalue weighted by Crippen LogP contribution is -2.00. The van der Waals surface area contributed by atoms with Gasteiger partial charge < -0.3 is 15.9 Å². The number of nitrogen functional groups attached to an aromatic ring is 1. The number of benzene rings is 1. The van der Waals surface area contributed by atoms with E-state index in [9.17, 15) is 4.79 Å². The minimum atomic E-state index is -0.988. The fourth-order valence-corrected chi connectivity index (χ4v) is 2.29. The van der Waals surface area contributed by atoms with E-state index in [4.69, 9.17) is 15.9 Å². The molecule has 23 heavy (non-hydrogen) atoms. The maximum absolute atomic E-state index is 10.3. The standard InChI is InChI=1S/C12H26O.C7H7NO2/c1-2-3-4-5-6-7-8-9-10-11-12-13;8-6-4-2-1-3-5(6)7(9)10/h13H,2-12H2,1H3;1-4H,8H2,(H,9,10). The lowest BCUT2D eigenvalue weighted by Gasteiger charge is -2.00. The molecule has 132 valence electrons. The molecule has 4 N–H and O–H groups in total. The van der Waals surface area contributed by atoms with Crippen molar-refractivity contribution in [2.24, 2.45) is 0 Å². The molecule has 0 bridgehead atoms. The van der Waals surface area contributed by atoms with E-state index in [1.165, 1.54) is 63.9 Å². The summed E-state index contributed by atoms with van der Waals surface area (Å²) in [5.74, 6) is -0.988. The third-order valence-corrected chi connectivity index (χ3v) is 3.70. The minimum Gasteiger partial charge on any atom is -0.478 e. The second-order valence-electron chi connectivity index (χ2n) is 5.80. The molecule has 1 aromatic rings. The van der Waals surface area contributed by atoms with Crippen LogP contribution in [0.2, 0.25) is 0 Å². The van der Waals surface area contributed by atoms with Crippen molar-refractivity contribution >= 4 is 11.7 Å². The molecular formula is C19H33NO3. The van der Waals surface area contributed by atoms with Crippen LogP contribution in [-0.2, 0) is 0 Å². The number of para-hydroxylation sites is 1. The van der Waals surface area contributed by atoms with E-state index >= 15 is 0 Å². The summed E-state index contributed by atoms with van der Waals surface area (Å²) in [4.78, 5) is 10.3. The van der Waals surface area contributed by atoms with Gasteiger partial charge in [0.25, 0.3) is 0 Å². The summed E-state index contributed by atoms with van der Waals surface area (Å²) in [6.45, 7) is 2.63. The van der Waals surface area contributed by atoms with E-state index in [1.807, 2.05) is 0 Å². The molecule has 0 aliphatic heterocycles. The van der Waals surface area contributed by atoms with Gasteiger partial charge in [-0.3, -0.25) is 0 Å². The van der Waals surface area contributed by atoms with Gasteiger partial charge in [0.05, 0.1) is 5.56 Å². The number of aromatic carboxylic acids is 1. The van der Waals surface area contributed by atoms with Crippen molar-refractivity contribution in [3.63, 3.8) is 0 Å². The fourth-order valence-electron chi connectivity index (χ4n) is 2.29. The van der Waals surface area contributed by atoms with Crippen LogP contribution in [0.25, 0.3) is 0 Å². The highest BCUT2D eigenvalue weighted by atomic mass is 16.4. The van der Waals surface area contributed by atoms with Crippen molar-refractivity contribution < 1.29 is 15.0 Å². The van der Waals surface area contributed by atoms with Crippen LogP contribution in [0.1, 0.15) is 81.5 Å². The molecule has 0 aliphatic carbocycles. The first kappa shape index (κ1) is 21.4. The average molecular weight is 323 g/mol. The Morgan fingerprint density at radius 2 is 1.39 bits per heavy atom. The van der Waals surface area contributed by atoms with Gasteiger partial charge in [-0.25, -0.2) is 4.79 Å². The highest BCUT2D eigenvalue weighted by molar-refractivity contribution is 5.93. The number of anilines is 1. The van der Waals surface area contributed by atoms with Crippen molar-refractivity contribution in [2.45, 2.75) is 71.1 Å². The van der Waals surface area contributed by atoms with Gasteiger partial charge in [0.1, 0.15) is 0 Å². The Labute approximate surface area is 140 Å². The van der Waals surface area contributed by atoms with Crippen LogP contribution < -0.4 is 5.73 Å². The van der Waals surface area contributed by atoms with Crippen LogP contribution in [0.4, 0.5) is 5.69 Å². The molecule has 0 unspecified atom stereocenters. The molecule has 0 saturated carbocycles. The third kappa shape index (κ3) is 12.7. The second-order valence-corrected chi connectivity index (χ2v) is 5.80. The van der Waals surface area contributed by atoms with Crippen LogP contribution in [0.3, 0.4) is 0 Å². The Bertz CT molecular complexity index is 397.